The van der Waals surface area contributed by atoms with Crippen molar-refractivity contribution >= 4 is 5.84 Å². The number of aryl methyl sites for hydroxylation is 1. The van der Waals surface area contributed by atoms with Crippen LogP contribution in [0.2, 0.25) is 0 Å². The number of nitrogens with two attached hydrogens (primary N) is 1. The van der Waals surface area contributed by atoms with Crippen molar-refractivity contribution in [1.29, 1.82) is 0 Å². The standard InChI is InChI=1S/C5H9N5O/c1-2-10-3-7-5(8-10)4(6)9-11/h3,11H,2H2,1H3,(H2,6,9). The van der Waals surface area contributed by atoms with E-state index >= 15 is 0 Å². The summed E-state index contributed by atoms with van der Waals surface area (Å²) in [6.45, 7) is 2.64. The first kappa shape index (κ1) is 7.52. The number of aromatic nitrogens is 3. The summed E-state index contributed by atoms with van der Waals surface area (Å²) in [7, 11) is 0. The van der Waals surface area contributed by atoms with E-state index in [1.54, 1.807) is 4.68 Å². The highest BCUT2D eigenvalue weighted by molar-refractivity contribution is 5.93. The van der Waals surface area contributed by atoms with Gasteiger partial charge in [0.25, 0.3) is 0 Å². The van der Waals surface area contributed by atoms with Gasteiger partial charge in [-0.2, -0.15) is 0 Å². The minimum absolute atomic E-state index is 0.0720. The maximum Gasteiger partial charge on any atom is 0.219 e. The van der Waals surface area contributed by atoms with Gasteiger partial charge in [0.05, 0.1) is 0 Å². The van der Waals surface area contributed by atoms with Crippen LogP contribution in [-0.4, -0.2) is 25.8 Å². The van der Waals surface area contributed by atoms with E-state index in [1.807, 2.05) is 6.92 Å². The van der Waals surface area contributed by atoms with Gasteiger partial charge in [-0.25, -0.2) is 4.98 Å². The number of hydrogen-bond donors (Lipinski definition) is 2. The Morgan fingerprint density at radius 1 is 1.91 bits per heavy atom. The van der Waals surface area contributed by atoms with Crippen LogP contribution in [0.15, 0.2) is 11.5 Å². The number of hydrogen-bond acceptors (Lipinski definition) is 4. The van der Waals surface area contributed by atoms with Gasteiger partial charge in [0.2, 0.25) is 11.7 Å². The van der Waals surface area contributed by atoms with Gasteiger partial charge in [0.15, 0.2) is 0 Å². The van der Waals surface area contributed by atoms with Gasteiger partial charge in [-0.15, -0.1) is 5.10 Å². The molecule has 0 spiro atoms. The Morgan fingerprint density at radius 3 is 3.09 bits per heavy atom. The number of amidine groups is 1. The van der Waals surface area contributed by atoms with Crippen molar-refractivity contribution in [1.82, 2.24) is 14.8 Å². The summed E-state index contributed by atoms with van der Waals surface area (Å²) in [6.07, 6.45) is 1.52. The third-order valence-corrected chi connectivity index (χ3v) is 1.20. The summed E-state index contributed by atoms with van der Waals surface area (Å²) >= 11 is 0. The average Bonchev–Trinajstić information content (AvgIpc) is 2.50. The molecule has 3 N–H and O–H groups in total. The Hall–Kier alpha value is -1.59. The van der Waals surface area contributed by atoms with Crippen LogP contribution < -0.4 is 5.73 Å². The highest BCUT2D eigenvalue weighted by Gasteiger charge is 2.03. The normalized spacial score (nSPS) is 11.9. The fourth-order valence-electron chi connectivity index (χ4n) is 0.609. The zero-order chi connectivity index (χ0) is 8.27. The molecule has 0 fully saturated rings. The van der Waals surface area contributed by atoms with Crippen molar-refractivity contribution in [3.63, 3.8) is 0 Å². The van der Waals surface area contributed by atoms with Crippen LogP contribution in [0.4, 0.5) is 0 Å². The largest absolute Gasteiger partial charge is 0.409 e. The Morgan fingerprint density at radius 2 is 2.64 bits per heavy atom. The molecule has 60 valence electrons. The molecule has 11 heavy (non-hydrogen) atoms. The van der Waals surface area contributed by atoms with Crippen LogP contribution in [0, 0.1) is 0 Å². The predicted molar refractivity (Wildman–Crippen MR) is 38.2 cm³/mol. The summed E-state index contributed by atoms with van der Waals surface area (Å²) in [5.41, 5.74) is 5.22. The second-order valence-corrected chi connectivity index (χ2v) is 1.91. The van der Waals surface area contributed by atoms with Crippen molar-refractivity contribution in [2.24, 2.45) is 10.9 Å². The Bertz CT molecular complexity index is 266. The zero-order valence-electron chi connectivity index (χ0n) is 6.10. The summed E-state index contributed by atoms with van der Waals surface area (Å²) in [5, 5.41) is 14.9. The fraction of sp³-hybridized carbons (Fsp3) is 0.400. The highest BCUT2D eigenvalue weighted by atomic mass is 16.4. The van der Waals surface area contributed by atoms with Gasteiger partial charge in [0, 0.05) is 6.54 Å². The number of rotatable bonds is 2. The molecule has 6 nitrogen and oxygen atoms in total. The lowest BCUT2D eigenvalue weighted by molar-refractivity contribution is 0.318. The van der Waals surface area contributed by atoms with Crippen LogP contribution >= 0.6 is 0 Å². The maximum absolute atomic E-state index is 8.24. The molecule has 0 aromatic carbocycles. The molecule has 0 saturated carbocycles. The molecule has 0 aliphatic heterocycles. The second kappa shape index (κ2) is 3.00. The molecule has 0 aliphatic carbocycles. The zero-order valence-corrected chi connectivity index (χ0v) is 6.10. The molecule has 1 heterocycles. The molecule has 0 amide bonds. The van der Waals surface area contributed by atoms with Crippen LogP contribution in [0.25, 0.3) is 0 Å². The van der Waals surface area contributed by atoms with E-state index in [0.717, 1.165) is 0 Å². The summed E-state index contributed by atoms with van der Waals surface area (Å²) in [6, 6.07) is 0. The second-order valence-electron chi connectivity index (χ2n) is 1.91. The topological polar surface area (TPSA) is 89.3 Å². The predicted octanol–water partition coefficient (Wildman–Crippen LogP) is -0.608. The van der Waals surface area contributed by atoms with E-state index in [2.05, 4.69) is 15.2 Å². The van der Waals surface area contributed by atoms with E-state index in [9.17, 15) is 0 Å². The van der Waals surface area contributed by atoms with Crippen molar-refractivity contribution in [3.8, 4) is 0 Å². The van der Waals surface area contributed by atoms with Crippen molar-refractivity contribution < 1.29 is 5.21 Å². The van der Waals surface area contributed by atoms with Gasteiger partial charge < -0.3 is 10.9 Å². The van der Waals surface area contributed by atoms with Gasteiger partial charge in [-0.1, -0.05) is 5.16 Å². The first-order valence-electron chi connectivity index (χ1n) is 3.15. The number of oxime groups is 1. The van der Waals surface area contributed by atoms with E-state index in [1.165, 1.54) is 6.33 Å². The molecule has 0 atom stereocenters. The SMILES string of the molecule is CCn1cnc(/C(N)=N/O)n1. The summed E-state index contributed by atoms with van der Waals surface area (Å²) in [5.74, 6) is 0.173. The minimum atomic E-state index is -0.0720. The summed E-state index contributed by atoms with van der Waals surface area (Å²) < 4.78 is 1.59. The Labute approximate surface area is 63.3 Å². The van der Waals surface area contributed by atoms with Crippen LogP contribution in [0.5, 0.6) is 0 Å². The molecule has 0 bridgehead atoms. The quantitative estimate of drug-likeness (QED) is 0.258. The molecule has 1 aromatic rings. The first-order valence-corrected chi connectivity index (χ1v) is 3.15. The molecule has 0 saturated heterocycles. The lowest BCUT2D eigenvalue weighted by Gasteiger charge is -1.89. The van der Waals surface area contributed by atoms with Crippen LogP contribution in [0.3, 0.4) is 0 Å². The highest BCUT2D eigenvalue weighted by Crippen LogP contribution is 1.88. The summed E-state index contributed by atoms with van der Waals surface area (Å²) in [4.78, 5) is 3.79. The van der Waals surface area contributed by atoms with E-state index in [4.69, 9.17) is 10.9 Å². The number of nitrogens with zero attached hydrogens (tertiary/aromatic N) is 4. The molecule has 0 radical (unpaired) electrons. The molecule has 1 aromatic heterocycles. The molecule has 6 heteroatoms. The fourth-order valence-corrected chi connectivity index (χ4v) is 0.609. The van der Waals surface area contributed by atoms with E-state index < -0.39 is 0 Å². The van der Waals surface area contributed by atoms with Crippen molar-refractivity contribution in [3.05, 3.63) is 12.2 Å². The van der Waals surface area contributed by atoms with Crippen LogP contribution in [-0.2, 0) is 6.54 Å². The Balaban J connectivity index is 2.89. The molecular formula is C5H9N5O. The molecule has 1 rings (SSSR count). The molecule has 0 aliphatic rings. The van der Waals surface area contributed by atoms with E-state index in [-0.39, 0.29) is 11.7 Å². The van der Waals surface area contributed by atoms with Crippen molar-refractivity contribution in [2.75, 3.05) is 0 Å². The third-order valence-electron chi connectivity index (χ3n) is 1.20. The Kier molecular flexibility index (Phi) is 2.05. The van der Waals surface area contributed by atoms with Gasteiger partial charge >= 0.3 is 0 Å². The van der Waals surface area contributed by atoms with Gasteiger partial charge in [-0.05, 0) is 6.92 Å². The lowest BCUT2D eigenvalue weighted by Crippen LogP contribution is -2.15. The minimum Gasteiger partial charge on any atom is -0.409 e. The van der Waals surface area contributed by atoms with Crippen LogP contribution in [0.1, 0.15) is 12.7 Å². The molecular weight excluding hydrogens is 146 g/mol. The smallest absolute Gasteiger partial charge is 0.219 e. The van der Waals surface area contributed by atoms with Gasteiger partial charge in [0.1, 0.15) is 6.33 Å². The van der Waals surface area contributed by atoms with E-state index in [0.29, 0.717) is 6.54 Å². The first-order chi connectivity index (χ1) is 5.27. The lowest BCUT2D eigenvalue weighted by atomic mass is 10.6. The maximum atomic E-state index is 8.24. The average molecular weight is 155 g/mol. The third kappa shape index (κ3) is 1.46. The van der Waals surface area contributed by atoms with Crippen molar-refractivity contribution in [2.45, 2.75) is 13.5 Å². The van der Waals surface area contributed by atoms with Gasteiger partial charge in [-0.3, -0.25) is 4.68 Å². The monoisotopic (exact) mass is 155 g/mol. The molecule has 0 unspecified atom stereocenters.